The van der Waals surface area contributed by atoms with Crippen LogP contribution >= 0.6 is 43.5 Å². The largest absolute Gasteiger partial charge is 0.271 e. The number of hydrogen-bond donors (Lipinski definition) is 2. The molecule has 0 radical (unpaired) electrons. The molecule has 2 aromatic carbocycles. The Morgan fingerprint density at radius 3 is 2.35 bits per heavy atom. The van der Waals surface area contributed by atoms with Crippen LogP contribution in [0.25, 0.3) is 0 Å². The van der Waals surface area contributed by atoms with Gasteiger partial charge in [-0.15, -0.1) is 0 Å². The van der Waals surface area contributed by atoms with E-state index >= 15 is 0 Å². The van der Waals surface area contributed by atoms with Crippen LogP contribution in [0.4, 0.5) is 8.78 Å². The van der Waals surface area contributed by atoms with Gasteiger partial charge in [0.2, 0.25) is 0 Å². The second-order valence-electron chi connectivity index (χ2n) is 4.03. The molecule has 1 atom stereocenters. The van der Waals surface area contributed by atoms with Crippen molar-refractivity contribution in [2.45, 2.75) is 6.04 Å². The quantitative estimate of drug-likeness (QED) is 0.424. The van der Waals surface area contributed by atoms with E-state index in [2.05, 4.69) is 37.3 Å². The molecule has 106 valence electrons. The van der Waals surface area contributed by atoms with E-state index in [9.17, 15) is 8.78 Å². The van der Waals surface area contributed by atoms with Gasteiger partial charge in [0.05, 0.1) is 11.1 Å². The highest BCUT2D eigenvalue weighted by Crippen LogP contribution is 2.35. The minimum absolute atomic E-state index is 0.0460. The molecule has 0 spiro atoms. The van der Waals surface area contributed by atoms with Crippen LogP contribution in [0.5, 0.6) is 0 Å². The van der Waals surface area contributed by atoms with Gasteiger partial charge in [-0.25, -0.2) is 14.2 Å². The molecule has 0 aliphatic carbocycles. The van der Waals surface area contributed by atoms with Gasteiger partial charge in [0.1, 0.15) is 11.6 Å². The van der Waals surface area contributed by atoms with Gasteiger partial charge in [0.25, 0.3) is 0 Å². The Bertz CT molecular complexity index is 653. The number of nitrogens with two attached hydrogens (primary N) is 1. The summed E-state index contributed by atoms with van der Waals surface area (Å²) >= 11 is 12.3. The average molecular weight is 426 g/mol. The summed E-state index contributed by atoms with van der Waals surface area (Å²) in [7, 11) is 0. The van der Waals surface area contributed by atoms with Gasteiger partial charge in [-0.3, -0.25) is 5.84 Å². The molecule has 20 heavy (non-hydrogen) atoms. The molecule has 2 rings (SSSR count). The van der Waals surface area contributed by atoms with E-state index in [1.54, 1.807) is 6.07 Å². The molecule has 3 N–H and O–H groups in total. The molecule has 0 saturated heterocycles. The Hall–Kier alpha value is -0.530. The highest BCUT2D eigenvalue weighted by Gasteiger charge is 2.22. The maximum atomic E-state index is 14.3. The first-order chi connectivity index (χ1) is 9.45. The van der Waals surface area contributed by atoms with E-state index < -0.39 is 17.7 Å². The Morgan fingerprint density at radius 2 is 1.70 bits per heavy atom. The Morgan fingerprint density at radius 1 is 1.05 bits per heavy atom. The lowest BCUT2D eigenvalue weighted by Gasteiger charge is -2.20. The van der Waals surface area contributed by atoms with E-state index in [1.165, 1.54) is 24.3 Å². The van der Waals surface area contributed by atoms with Crippen LogP contribution in [-0.4, -0.2) is 0 Å². The lowest BCUT2D eigenvalue weighted by Crippen LogP contribution is -2.30. The van der Waals surface area contributed by atoms with Gasteiger partial charge in [0.15, 0.2) is 0 Å². The number of rotatable bonds is 3. The van der Waals surface area contributed by atoms with Gasteiger partial charge in [0, 0.05) is 14.5 Å². The van der Waals surface area contributed by atoms with E-state index in [-0.39, 0.29) is 10.6 Å². The summed E-state index contributed by atoms with van der Waals surface area (Å²) in [5, 5.41) is -0.0460. The van der Waals surface area contributed by atoms with Gasteiger partial charge in [-0.1, -0.05) is 33.6 Å². The van der Waals surface area contributed by atoms with Gasteiger partial charge in [-0.05, 0) is 45.8 Å². The Balaban J connectivity index is 2.58. The van der Waals surface area contributed by atoms with Crippen LogP contribution in [0, 0.1) is 11.6 Å². The molecule has 0 aromatic heterocycles. The van der Waals surface area contributed by atoms with E-state index in [0.29, 0.717) is 14.5 Å². The van der Waals surface area contributed by atoms with Crippen LogP contribution in [-0.2, 0) is 0 Å². The third-order valence-electron chi connectivity index (χ3n) is 2.81. The fourth-order valence-electron chi connectivity index (χ4n) is 1.85. The van der Waals surface area contributed by atoms with Crippen LogP contribution in [0.1, 0.15) is 17.2 Å². The van der Waals surface area contributed by atoms with Crippen LogP contribution < -0.4 is 11.3 Å². The Labute approximate surface area is 136 Å². The minimum atomic E-state index is -0.731. The number of nitrogens with one attached hydrogen (secondary N) is 1. The van der Waals surface area contributed by atoms with Crippen molar-refractivity contribution in [3.05, 3.63) is 67.1 Å². The molecular weight excluding hydrogens is 417 g/mol. The molecule has 1 unspecified atom stereocenters. The third kappa shape index (κ3) is 3.04. The second kappa shape index (κ2) is 6.49. The lowest BCUT2D eigenvalue weighted by atomic mass is 9.98. The highest BCUT2D eigenvalue weighted by atomic mass is 79.9. The van der Waals surface area contributed by atoms with Crippen molar-refractivity contribution in [3.8, 4) is 0 Å². The zero-order valence-electron chi connectivity index (χ0n) is 9.93. The predicted molar refractivity (Wildman–Crippen MR) is 82.4 cm³/mol. The topological polar surface area (TPSA) is 38.0 Å². The fraction of sp³-hybridized carbons (Fsp3) is 0.0769. The van der Waals surface area contributed by atoms with Crippen molar-refractivity contribution in [3.63, 3.8) is 0 Å². The van der Waals surface area contributed by atoms with Gasteiger partial charge >= 0.3 is 0 Å². The zero-order chi connectivity index (χ0) is 14.9. The molecule has 0 amide bonds. The monoisotopic (exact) mass is 424 g/mol. The average Bonchev–Trinajstić information content (AvgIpc) is 2.43. The van der Waals surface area contributed by atoms with Crippen LogP contribution in [0.3, 0.4) is 0 Å². The minimum Gasteiger partial charge on any atom is -0.271 e. The molecule has 0 bridgehead atoms. The smallest absolute Gasteiger partial charge is 0.148 e. The predicted octanol–water partition coefficient (Wildman–Crippen LogP) is 4.70. The van der Waals surface area contributed by atoms with Gasteiger partial charge < -0.3 is 0 Å². The van der Waals surface area contributed by atoms with Crippen molar-refractivity contribution >= 4 is 43.5 Å². The first-order valence-electron chi connectivity index (χ1n) is 5.50. The molecule has 0 aliphatic heterocycles. The van der Waals surface area contributed by atoms with E-state index in [0.717, 1.165) is 0 Å². The fourth-order valence-corrected chi connectivity index (χ4v) is 2.80. The SMILES string of the molecule is NNC(c1cc(F)ccc1Br)c1ccc(Br)c(Cl)c1F. The maximum absolute atomic E-state index is 14.3. The van der Waals surface area contributed by atoms with Crippen molar-refractivity contribution in [2.24, 2.45) is 5.84 Å². The van der Waals surface area contributed by atoms with Crippen molar-refractivity contribution < 1.29 is 8.78 Å². The molecule has 0 fully saturated rings. The first-order valence-corrected chi connectivity index (χ1v) is 7.46. The molecular formula is C13H9Br2ClF2N2. The third-order valence-corrected chi connectivity index (χ3v) is 4.79. The lowest BCUT2D eigenvalue weighted by molar-refractivity contribution is 0.554. The molecule has 2 nitrogen and oxygen atoms in total. The van der Waals surface area contributed by atoms with Crippen molar-refractivity contribution in [1.29, 1.82) is 0 Å². The van der Waals surface area contributed by atoms with E-state index in [4.69, 9.17) is 17.4 Å². The van der Waals surface area contributed by atoms with Crippen LogP contribution in [0.2, 0.25) is 5.02 Å². The first kappa shape index (κ1) is 15.9. The summed E-state index contributed by atoms with van der Waals surface area (Å²) in [6.45, 7) is 0. The summed E-state index contributed by atoms with van der Waals surface area (Å²) in [5.74, 6) is 4.45. The summed E-state index contributed by atoms with van der Waals surface area (Å²) in [5.41, 5.74) is 3.18. The molecule has 0 saturated carbocycles. The summed E-state index contributed by atoms with van der Waals surface area (Å²) in [6, 6.07) is 6.53. The summed E-state index contributed by atoms with van der Waals surface area (Å²) in [4.78, 5) is 0. The second-order valence-corrected chi connectivity index (χ2v) is 6.12. The number of benzene rings is 2. The normalized spacial score (nSPS) is 12.5. The standard InChI is InChI=1S/C13H9Br2ClF2N2/c14-9-3-1-6(17)5-8(9)13(20-19)7-2-4-10(15)11(16)12(7)18/h1-5,13,20H,19H2. The maximum Gasteiger partial charge on any atom is 0.148 e. The Kier molecular flexibility index (Phi) is 5.14. The number of halogens is 5. The zero-order valence-corrected chi connectivity index (χ0v) is 13.9. The molecule has 0 heterocycles. The van der Waals surface area contributed by atoms with Gasteiger partial charge in [-0.2, -0.15) is 0 Å². The highest BCUT2D eigenvalue weighted by molar-refractivity contribution is 9.10. The number of hydrogen-bond acceptors (Lipinski definition) is 2. The van der Waals surface area contributed by atoms with Crippen LogP contribution in [0.15, 0.2) is 39.3 Å². The summed E-state index contributed by atoms with van der Waals surface area (Å²) in [6.07, 6.45) is 0. The number of hydrazine groups is 1. The van der Waals surface area contributed by atoms with E-state index in [1.807, 2.05) is 0 Å². The molecule has 0 aliphatic rings. The summed E-state index contributed by atoms with van der Waals surface area (Å²) < 4.78 is 28.7. The van der Waals surface area contributed by atoms with Crippen molar-refractivity contribution in [1.82, 2.24) is 5.43 Å². The molecule has 7 heteroatoms. The molecule has 2 aromatic rings. The van der Waals surface area contributed by atoms with Crippen molar-refractivity contribution in [2.75, 3.05) is 0 Å².